The largest absolute Gasteiger partial charge is 0.370 e. The second-order valence-corrected chi connectivity index (χ2v) is 9.79. The minimum Gasteiger partial charge on any atom is -0.370 e. The summed E-state index contributed by atoms with van der Waals surface area (Å²) in [6, 6.07) is 6.98. The zero-order valence-electron chi connectivity index (χ0n) is 16.7. The summed E-state index contributed by atoms with van der Waals surface area (Å²) in [5.41, 5.74) is 0.396. The molecule has 156 valence electrons. The lowest BCUT2D eigenvalue weighted by atomic mass is 9.79. The summed E-state index contributed by atoms with van der Waals surface area (Å²) in [5.74, 6) is 0. The first-order valence-electron chi connectivity index (χ1n) is 10.0. The number of carbonyl (C=O) groups is 1. The molecular weight excluding hydrogens is 378 g/mol. The summed E-state index contributed by atoms with van der Waals surface area (Å²) >= 11 is 0. The Labute approximate surface area is 167 Å². The molecule has 7 nitrogen and oxygen atoms in total. The highest BCUT2D eigenvalue weighted by molar-refractivity contribution is 7.90. The lowest BCUT2D eigenvalue weighted by Gasteiger charge is -2.49. The van der Waals surface area contributed by atoms with Gasteiger partial charge in [-0.05, 0) is 31.4 Å². The maximum absolute atomic E-state index is 12.1. The second-order valence-electron chi connectivity index (χ2n) is 7.81. The van der Waals surface area contributed by atoms with Crippen molar-refractivity contribution in [3.05, 3.63) is 29.8 Å². The molecule has 0 unspecified atom stereocenters. The Hall–Kier alpha value is -1.64. The molecule has 1 aliphatic carbocycles. The molecule has 0 aromatic heterocycles. The number of hydrogen-bond acceptors (Lipinski definition) is 5. The predicted octanol–water partition coefficient (Wildman–Crippen LogP) is 1.92. The van der Waals surface area contributed by atoms with Crippen LogP contribution in [0.1, 0.15) is 38.2 Å². The molecule has 2 amide bonds. The first-order chi connectivity index (χ1) is 13.3. The molecule has 2 N–H and O–H groups in total. The molecule has 0 radical (unpaired) electrons. The van der Waals surface area contributed by atoms with E-state index in [-0.39, 0.29) is 12.1 Å². The fraction of sp³-hybridized carbons (Fsp3) is 0.650. The highest BCUT2D eigenvalue weighted by Crippen LogP contribution is 2.35. The molecule has 8 heteroatoms. The molecule has 0 bridgehead atoms. The molecule has 28 heavy (non-hydrogen) atoms. The number of nitrogens with zero attached hydrogens (tertiary/aromatic N) is 1. The van der Waals surface area contributed by atoms with Crippen molar-refractivity contribution < 1.29 is 17.9 Å². The van der Waals surface area contributed by atoms with E-state index in [0.717, 1.165) is 37.8 Å². The van der Waals surface area contributed by atoms with Gasteiger partial charge >= 0.3 is 6.03 Å². The van der Waals surface area contributed by atoms with E-state index < -0.39 is 15.4 Å². The van der Waals surface area contributed by atoms with Gasteiger partial charge in [-0.3, -0.25) is 4.90 Å². The fourth-order valence-corrected chi connectivity index (χ4v) is 5.33. The Bertz CT molecular complexity index is 794. The normalized spacial score (nSPS) is 26.1. The van der Waals surface area contributed by atoms with Crippen LogP contribution in [0.25, 0.3) is 0 Å². The molecule has 1 aromatic carbocycles. The van der Waals surface area contributed by atoms with E-state index >= 15 is 0 Å². The van der Waals surface area contributed by atoms with Gasteiger partial charge in [-0.15, -0.1) is 0 Å². The van der Waals surface area contributed by atoms with E-state index in [0.29, 0.717) is 31.1 Å². The van der Waals surface area contributed by atoms with Gasteiger partial charge < -0.3 is 15.4 Å². The van der Waals surface area contributed by atoms with Crippen LogP contribution in [0, 0.1) is 0 Å². The number of amides is 2. The monoisotopic (exact) mass is 409 g/mol. The van der Waals surface area contributed by atoms with E-state index in [1.54, 1.807) is 12.1 Å². The molecular formula is C20H31N3O4S. The van der Waals surface area contributed by atoms with Gasteiger partial charge in [-0.25, -0.2) is 13.2 Å². The predicted molar refractivity (Wildman–Crippen MR) is 108 cm³/mol. The van der Waals surface area contributed by atoms with E-state index in [1.165, 1.54) is 6.26 Å². The third-order valence-corrected chi connectivity index (χ3v) is 6.87. The molecule has 1 spiro atoms. The van der Waals surface area contributed by atoms with Crippen molar-refractivity contribution in [2.24, 2.45) is 0 Å². The molecule has 2 fully saturated rings. The highest BCUT2D eigenvalue weighted by Gasteiger charge is 2.45. The molecule has 1 saturated heterocycles. The number of sulfone groups is 1. The van der Waals surface area contributed by atoms with Crippen molar-refractivity contribution in [1.82, 2.24) is 15.5 Å². The van der Waals surface area contributed by atoms with Gasteiger partial charge in [0.1, 0.15) is 5.60 Å². The summed E-state index contributed by atoms with van der Waals surface area (Å²) in [6.07, 6.45) is 5.18. The van der Waals surface area contributed by atoms with Crippen LogP contribution in [0.3, 0.4) is 0 Å². The Balaban J connectivity index is 1.76. The highest BCUT2D eigenvalue weighted by atomic mass is 32.2. The smallest absolute Gasteiger partial charge is 0.315 e. The van der Waals surface area contributed by atoms with Crippen LogP contribution in [-0.4, -0.2) is 63.5 Å². The lowest BCUT2D eigenvalue weighted by Crippen LogP contribution is -2.64. The van der Waals surface area contributed by atoms with Crippen LogP contribution in [0.4, 0.5) is 4.79 Å². The van der Waals surface area contributed by atoms with Crippen LogP contribution in [0.2, 0.25) is 0 Å². The summed E-state index contributed by atoms with van der Waals surface area (Å²) in [7, 11) is -3.27. The number of ether oxygens (including phenoxy) is 1. The molecule has 1 aliphatic heterocycles. The number of hydrogen-bond donors (Lipinski definition) is 2. The molecule has 1 saturated carbocycles. The zero-order chi connectivity index (χ0) is 20.2. The van der Waals surface area contributed by atoms with Gasteiger partial charge in [0.05, 0.1) is 17.5 Å². The van der Waals surface area contributed by atoms with Gasteiger partial charge in [-0.2, -0.15) is 0 Å². The Morgan fingerprint density at radius 1 is 1.32 bits per heavy atom. The van der Waals surface area contributed by atoms with Crippen LogP contribution in [-0.2, 0) is 21.1 Å². The maximum Gasteiger partial charge on any atom is 0.315 e. The standard InChI is InChI=1S/C20H31N3O4S/c1-3-21-19(24)22-18-10-6-7-11-20(18)15-23(12-13-27-20)14-16-8-4-5-9-17(16)28(2,25)26/h4-5,8-9,18H,3,6-7,10-15H2,1-2H3,(H2,21,22,24)/t18-,20-/m0/s1. The van der Waals surface area contributed by atoms with Crippen molar-refractivity contribution in [3.63, 3.8) is 0 Å². The lowest BCUT2D eigenvalue weighted by molar-refractivity contribution is -0.142. The van der Waals surface area contributed by atoms with Crippen LogP contribution < -0.4 is 10.6 Å². The minimum atomic E-state index is -3.27. The van der Waals surface area contributed by atoms with E-state index in [2.05, 4.69) is 15.5 Å². The summed E-state index contributed by atoms with van der Waals surface area (Å²) in [5, 5.41) is 5.91. The van der Waals surface area contributed by atoms with Gasteiger partial charge in [0.2, 0.25) is 0 Å². The van der Waals surface area contributed by atoms with Gasteiger partial charge in [0.25, 0.3) is 0 Å². The molecule has 3 rings (SSSR count). The average Bonchev–Trinajstić information content (AvgIpc) is 2.64. The van der Waals surface area contributed by atoms with Crippen LogP contribution >= 0.6 is 0 Å². The van der Waals surface area contributed by atoms with Crippen molar-refractivity contribution in [2.45, 2.75) is 55.7 Å². The van der Waals surface area contributed by atoms with Crippen LogP contribution in [0.5, 0.6) is 0 Å². The molecule has 1 heterocycles. The Kier molecular flexibility index (Phi) is 6.62. The number of carbonyl (C=O) groups excluding carboxylic acids is 1. The summed E-state index contributed by atoms with van der Waals surface area (Å²) in [6.45, 7) is 5.04. The van der Waals surface area contributed by atoms with Crippen molar-refractivity contribution in [1.29, 1.82) is 0 Å². The van der Waals surface area contributed by atoms with Crippen LogP contribution in [0.15, 0.2) is 29.2 Å². The number of rotatable bonds is 5. The third kappa shape index (κ3) is 4.85. The van der Waals surface area contributed by atoms with Crippen molar-refractivity contribution in [2.75, 3.05) is 32.5 Å². The van der Waals surface area contributed by atoms with Crippen molar-refractivity contribution in [3.8, 4) is 0 Å². The van der Waals surface area contributed by atoms with Gasteiger partial charge in [-0.1, -0.05) is 31.0 Å². The SMILES string of the molecule is CCNC(=O)N[C@H]1CCCC[C@]12CN(Cc1ccccc1S(C)(=O)=O)CCO2. The average molecular weight is 410 g/mol. The van der Waals surface area contributed by atoms with Gasteiger partial charge in [0, 0.05) is 32.4 Å². The quantitative estimate of drug-likeness (QED) is 0.776. The number of urea groups is 1. The number of nitrogens with one attached hydrogen (secondary N) is 2. The summed E-state index contributed by atoms with van der Waals surface area (Å²) < 4.78 is 30.5. The second kappa shape index (κ2) is 8.80. The van der Waals surface area contributed by atoms with Crippen molar-refractivity contribution >= 4 is 15.9 Å². The first kappa shape index (κ1) is 21.1. The molecule has 2 aliphatic rings. The Morgan fingerprint density at radius 3 is 2.86 bits per heavy atom. The van der Waals surface area contributed by atoms with E-state index in [9.17, 15) is 13.2 Å². The minimum absolute atomic E-state index is 0.0410. The topological polar surface area (TPSA) is 87.7 Å². The number of morpholine rings is 1. The maximum atomic E-state index is 12.1. The zero-order valence-corrected chi connectivity index (χ0v) is 17.6. The Morgan fingerprint density at radius 2 is 2.11 bits per heavy atom. The third-order valence-electron chi connectivity index (χ3n) is 5.67. The number of benzene rings is 1. The van der Waals surface area contributed by atoms with E-state index in [4.69, 9.17) is 4.74 Å². The van der Waals surface area contributed by atoms with E-state index in [1.807, 2.05) is 19.1 Å². The first-order valence-corrected chi connectivity index (χ1v) is 11.9. The summed E-state index contributed by atoms with van der Waals surface area (Å²) in [4.78, 5) is 14.7. The van der Waals surface area contributed by atoms with Gasteiger partial charge in [0.15, 0.2) is 9.84 Å². The molecule has 1 aromatic rings. The molecule has 2 atom stereocenters. The fourth-order valence-electron chi connectivity index (χ4n) is 4.40.